The van der Waals surface area contributed by atoms with E-state index in [0.29, 0.717) is 19.6 Å². The summed E-state index contributed by atoms with van der Waals surface area (Å²) < 4.78 is 11.8. The maximum Gasteiger partial charge on any atom is 0.311 e. The van der Waals surface area contributed by atoms with Gasteiger partial charge in [0.1, 0.15) is 12.2 Å². The number of rotatable bonds is 6. The van der Waals surface area contributed by atoms with Crippen molar-refractivity contribution in [2.24, 2.45) is 11.8 Å². The highest BCUT2D eigenvalue weighted by Crippen LogP contribution is 2.50. The Morgan fingerprint density at radius 2 is 2.04 bits per heavy atom. The van der Waals surface area contributed by atoms with Crippen molar-refractivity contribution in [3.8, 4) is 0 Å². The number of carbonyl (C=O) groups excluding carboxylic acids is 1. The van der Waals surface area contributed by atoms with Gasteiger partial charge < -0.3 is 19.7 Å². The fraction of sp³-hybridized carbons (Fsp3) is 0.842. The van der Waals surface area contributed by atoms with Crippen LogP contribution in [0.25, 0.3) is 0 Å². The van der Waals surface area contributed by atoms with Gasteiger partial charge in [-0.2, -0.15) is 0 Å². The Kier molecular flexibility index (Phi) is 5.83. The highest BCUT2D eigenvalue weighted by atomic mass is 16.6. The van der Waals surface area contributed by atoms with Gasteiger partial charge in [-0.1, -0.05) is 11.6 Å². The Balaban J connectivity index is 1.77. The average Bonchev–Trinajstić information content (AvgIpc) is 3.13. The van der Waals surface area contributed by atoms with Crippen molar-refractivity contribution in [1.29, 1.82) is 0 Å². The van der Waals surface area contributed by atoms with Gasteiger partial charge in [-0.15, -0.1) is 0 Å². The lowest BCUT2D eigenvalue weighted by molar-refractivity contribution is -0.145. The molecular weight excluding hydrogens is 322 g/mol. The third-order valence-electron chi connectivity index (χ3n) is 6.03. The van der Waals surface area contributed by atoms with Crippen LogP contribution >= 0.6 is 0 Å². The number of ether oxygens (including phenoxy) is 2. The van der Waals surface area contributed by atoms with Crippen LogP contribution in [0.1, 0.15) is 39.5 Å². The first-order valence-corrected chi connectivity index (χ1v) is 9.46. The van der Waals surface area contributed by atoms with E-state index in [4.69, 9.17) is 9.47 Å². The molecule has 0 aromatic carbocycles. The number of aliphatic hydroxyl groups excluding tert-OH is 2. The van der Waals surface area contributed by atoms with Gasteiger partial charge in [0.25, 0.3) is 0 Å². The van der Waals surface area contributed by atoms with Gasteiger partial charge >= 0.3 is 5.97 Å². The molecule has 3 rings (SSSR count). The average molecular weight is 353 g/mol. The minimum Gasteiger partial charge on any atom is -0.459 e. The second-order valence-corrected chi connectivity index (χ2v) is 7.90. The van der Waals surface area contributed by atoms with E-state index in [2.05, 4.69) is 19.9 Å². The molecule has 0 bridgehead atoms. The molecule has 2 saturated heterocycles. The maximum absolute atomic E-state index is 12.6. The minimum absolute atomic E-state index is 0.00221. The van der Waals surface area contributed by atoms with Gasteiger partial charge in [-0.05, 0) is 39.5 Å². The summed E-state index contributed by atoms with van der Waals surface area (Å²) in [5.74, 6) is -0.251. The number of hydrogen-bond acceptors (Lipinski definition) is 6. The predicted octanol–water partition coefficient (Wildman–Crippen LogP) is 1.11. The second-order valence-electron chi connectivity index (χ2n) is 7.90. The van der Waals surface area contributed by atoms with Gasteiger partial charge in [0, 0.05) is 25.6 Å². The summed E-state index contributed by atoms with van der Waals surface area (Å²) in [6.07, 6.45) is 5.97. The molecule has 142 valence electrons. The number of epoxide rings is 1. The van der Waals surface area contributed by atoms with Crippen LogP contribution in [0.15, 0.2) is 11.6 Å². The molecule has 2 aliphatic heterocycles. The molecule has 3 aliphatic rings. The topological polar surface area (TPSA) is 82.5 Å². The van der Waals surface area contributed by atoms with Gasteiger partial charge in [0.2, 0.25) is 0 Å². The maximum atomic E-state index is 12.6. The van der Waals surface area contributed by atoms with Crippen molar-refractivity contribution < 1.29 is 24.5 Å². The van der Waals surface area contributed by atoms with Crippen molar-refractivity contribution >= 4 is 5.97 Å². The van der Waals surface area contributed by atoms with Gasteiger partial charge in [0.05, 0.1) is 24.7 Å². The van der Waals surface area contributed by atoms with Crippen LogP contribution in [0.4, 0.5) is 0 Å². The molecule has 0 saturated carbocycles. The summed E-state index contributed by atoms with van der Waals surface area (Å²) in [7, 11) is 0. The SMILES string of the molecule is C/C1=C\CC[C@@]2(C)O[C@@H]2[C@H]2OC(=O)[C@@H](CN(CCO)CCO)[C@@H]2CC1. The van der Waals surface area contributed by atoms with E-state index in [1.54, 1.807) is 0 Å². The Bertz CT molecular complexity index is 516. The first-order chi connectivity index (χ1) is 12.0. The van der Waals surface area contributed by atoms with Crippen molar-refractivity contribution in [2.45, 2.75) is 57.3 Å². The molecule has 2 N–H and O–H groups in total. The van der Waals surface area contributed by atoms with Crippen LogP contribution in [0.5, 0.6) is 0 Å². The van der Waals surface area contributed by atoms with Crippen LogP contribution in [0.3, 0.4) is 0 Å². The number of fused-ring (bicyclic) bond motifs is 3. The summed E-state index contributed by atoms with van der Waals surface area (Å²) in [4.78, 5) is 14.5. The molecule has 0 aromatic heterocycles. The van der Waals surface area contributed by atoms with Crippen LogP contribution in [0.2, 0.25) is 0 Å². The van der Waals surface area contributed by atoms with E-state index in [1.165, 1.54) is 5.57 Å². The lowest BCUT2D eigenvalue weighted by atomic mass is 9.80. The van der Waals surface area contributed by atoms with Crippen molar-refractivity contribution in [3.63, 3.8) is 0 Å². The lowest BCUT2D eigenvalue weighted by Crippen LogP contribution is -2.39. The van der Waals surface area contributed by atoms with E-state index < -0.39 is 0 Å². The smallest absolute Gasteiger partial charge is 0.311 e. The van der Waals surface area contributed by atoms with Crippen LogP contribution < -0.4 is 0 Å². The van der Waals surface area contributed by atoms with Crippen LogP contribution in [-0.2, 0) is 14.3 Å². The molecule has 0 spiro atoms. The molecule has 1 aliphatic carbocycles. The quantitative estimate of drug-likeness (QED) is 0.423. The highest BCUT2D eigenvalue weighted by Gasteiger charge is 2.62. The van der Waals surface area contributed by atoms with Crippen molar-refractivity contribution in [3.05, 3.63) is 11.6 Å². The predicted molar refractivity (Wildman–Crippen MR) is 93.0 cm³/mol. The van der Waals surface area contributed by atoms with E-state index in [0.717, 1.165) is 25.7 Å². The molecule has 2 fully saturated rings. The van der Waals surface area contributed by atoms with E-state index in [1.807, 2.05) is 4.90 Å². The van der Waals surface area contributed by atoms with Crippen molar-refractivity contribution in [1.82, 2.24) is 4.90 Å². The zero-order valence-electron chi connectivity index (χ0n) is 15.3. The normalized spacial score (nSPS) is 40.0. The molecule has 0 amide bonds. The molecule has 2 heterocycles. The Morgan fingerprint density at radius 1 is 1.32 bits per heavy atom. The first kappa shape index (κ1) is 18.8. The zero-order valence-corrected chi connectivity index (χ0v) is 15.3. The molecule has 6 nitrogen and oxygen atoms in total. The van der Waals surface area contributed by atoms with Gasteiger partial charge in [-0.25, -0.2) is 0 Å². The highest BCUT2D eigenvalue weighted by molar-refractivity contribution is 5.75. The number of aliphatic hydroxyl groups is 2. The van der Waals surface area contributed by atoms with Gasteiger partial charge in [-0.3, -0.25) is 9.69 Å². The number of carbonyl (C=O) groups is 1. The van der Waals surface area contributed by atoms with Crippen LogP contribution in [0, 0.1) is 11.8 Å². The Hall–Kier alpha value is -0.950. The summed E-state index contributed by atoms with van der Waals surface area (Å²) in [5, 5.41) is 18.5. The molecule has 0 unspecified atom stereocenters. The largest absolute Gasteiger partial charge is 0.459 e. The molecular formula is C19H31NO5. The molecule has 0 aromatic rings. The first-order valence-electron chi connectivity index (χ1n) is 9.46. The van der Waals surface area contributed by atoms with Crippen LogP contribution in [-0.4, -0.2) is 71.7 Å². The van der Waals surface area contributed by atoms with E-state index >= 15 is 0 Å². The molecule has 25 heavy (non-hydrogen) atoms. The molecule has 5 atom stereocenters. The number of nitrogens with zero attached hydrogens (tertiary/aromatic N) is 1. The fourth-order valence-corrected chi connectivity index (χ4v) is 4.40. The minimum atomic E-state index is -0.219. The fourth-order valence-electron chi connectivity index (χ4n) is 4.40. The second kappa shape index (κ2) is 7.74. The lowest BCUT2D eigenvalue weighted by Gasteiger charge is -2.27. The monoisotopic (exact) mass is 353 g/mol. The molecule has 0 radical (unpaired) electrons. The molecule has 6 heteroatoms. The standard InChI is InChI=1S/C19H31NO5/c1-13-4-3-7-19(2)17(25-19)16-14(6-5-13)15(18(23)24-16)12-20(8-10-21)9-11-22/h4,14-17,21-22H,3,5-12H2,1-2H3/b13-4+/t14-,15-,16-,17+,19+/m0/s1. The van der Waals surface area contributed by atoms with E-state index in [9.17, 15) is 15.0 Å². The Morgan fingerprint density at radius 3 is 2.72 bits per heavy atom. The number of allylic oxidation sites excluding steroid dienone is 2. The van der Waals surface area contributed by atoms with Crippen molar-refractivity contribution in [2.75, 3.05) is 32.8 Å². The zero-order chi connectivity index (χ0) is 18.0. The third-order valence-corrected chi connectivity index (χ3v) is 6.03. The summed E-state index contributed by atoms with van der Waals surface area (Å²) in [6, 6.07) is 0. The summed E-state index contributed by atoms with van der Waals surface area (Å²) in [5.41, 5.74) is 1.18. The third kappa shape index (κ3) is 4.08. The van der Waals surface area contributed by atoms with Gasteiger partial charge in [0.15, 0.2) is 0 Å². The summed E-state index contributed by atoms with van der Waals surface area (Å²) in [6.45, 7) is 5.73. The number of hydrogen-bond donors (Lipinski definition) is 2. The number of esters is 1. The van der Waals surface area contributed by atoms with E-state index in [-0.39, 0.29) is 48.8 Å². The Labute approximate surface area is 149 Å². The summed E-state index contributed by atoms with van der Waals surface area (Å²) >= 11 is 0.